The number of rotatable bonds is 4. The minimum Gasteiger partial charge on any atom is -0.494 e. The second-order valence-electron chi connectivity index (χ2n) is 6.03. The monoisotopic (exact) mass is 393 g/mol. The SMILES string of the molecule is CCOc1ccc2c(c1)SC1=NC(=O)/C(=C/c3ccc(C(=O)O)cc3)C(=N)N12. The van der Waals surface area contributed by atoms with Gasteiger partial charge in [-0.1, -0.05) is 12.1 Å². The van der Waals surface area contributed by atoms with Crippen LogP contribution in [0.3, 0.4) is 0 Å². The molecule has 28 heavy (non-hydrogen) atoms. The quantitative estimate of drug-likeness (QED) is 0.769. The molecule has 0 spiro atoms. The first-order valence-corrected chi connectivity index (χ1v) is 9.31. The standard InChI is InChI=1S/C20H15N3O4S/c1-2-27-13-7-8-15-16(10-13)28-20-22-18(24)14(17(21)23(15)20)9-11-3-5-12(6-4-11)19(25)26/h3-10,21H,2H2,1H3,(H,25,26)/b14-9+,21-17?. The number of amidine groups is 2. The number of fused-ring (bicyclic) bond motifs is 3. The van der Waals surface area contributed by atoms with E-state index in [2.05, 4.69) is 4.99 Å². The van der Waals surface area contributed by atoms with Crippen LogP contribution < -0.4 is 9.64 Å². The number of nitrogens with zero attached hydrogens (tertiary/aromatic N) is 2. The van der Waals surface area contributed by atoms with Crippen molar-refractivity contribution in [1.29, 1.82) is 5.41 Å². The molecular formula is C20H15N3O4S. The second-order valence-corrected chi connectivity index (χ2v) is 7.04. The van der Waals surface area contributed by atoms with Gasteiger partial charge < -0.3 is 9.84 Å². The van der Waals surface area contributed by atoms with E-state index in [4.69, 9.17) is 15.3 Å². The number of hydrogen-bond donors (Lipinski definition) is 2. The van der Waals surface area contributed by atoms with Crippen molar-refractivity contribution >= 4 is 46.4 Å². The highest BCUT2D eigenvalue weighted by Gasteiger charge is 2.37. The van der Waals surface area contributed by atoms with E-state index in [1.165, 1.54) is 23.9 Å². The van der Waals surface area contributed by atoms with Crippen LogP contribution >= 0.6 is 11.8 Å². The Hall–Kier alpha value is -3.39. The molecule has 2 aromatic carbocycles. The topological polar surface area (TPSA) is 103 Å². The lowest BCUT2D eigenvalue weighted by Crippen LogP contribution is -2.39. The summed E-state index contributed by atoms with van der Waals surface area (Å²) in [7, 11) is 0. The Morgan fingerprint density at radius 1 is 1.29 bits per heavy atom. The molecule has 2 aliphatic heterocycles. The summed E-state index contributed by atoms with van der Waals surface area (Å²) in [6.45, 7) is 2.46. The number of carboxylic acids is 1. The van der Waals surface area contributed by atoms with Gasteiger partial charge in [0, 0.05) is 4.90 Å². The van der Waals surface area contributed by atoms with Crippen LogP contribution in [-0.4, -0.2) is 34.6 Å². The summed E-state index contributed by atoms with van der Waals surface area (Å²) in [5.41, 5.74) is 1.70. The number of aliphatic imine (C=N–C) groups is 1. The highest BCUT2D eigenvalue weighted by atomic mass is 32.2. The van der Waals surface area contributed by atoms with Crippen molar-refractivity contribution in [2.45, 2.75) is 11.8 Å². The van der Waals surface area contributed by atoms with E-state index < -0.39 is 11.9 Å². The number of carbonyl (C=O) groups excluding carboxylic acids is 1. The van der Waals surface area contributed by atoms with Crippen molar-refractivity contribution in [2.75, 3.05) is 11.5 Å². The number of aromatic carboxylic acids is 1. The van der Waals surface area contributed by atoms with E-state index in [0.29, 0.717) is 17.3 Å². The number of anilines is 1. The van der Waals surface area contributed by atoms with Gasteiger partial charge in [-0.15, -0.1) is 0 Å². The zero-order valence-corrected chi connectivity index (χ0v) is 15.6. The van der Waals surface area contributed by atoms with Crippen LogP contribution in [0, 0.1) is 5.41 Å². The van der Waals surface area contributed by atoms with Crippen LogP contribution in [-0.2, 0) is 4.79 Å². The number of benzene rings is 2. The van der Waals surface area contributed by atoms with Gasteiger partial charge in [0.25, 0.3) is 5.91 Å². The number of carbonyl (C=O) groups is 2. The normalized spacial score (nSPS) is 16.7. The summed E-state index contributed by atoms with van der Waals surface area (Å²) in [4.78, 5) is 30.1. The smallest absolute Gasteiger partial charge is 0.335 e. The Morgan fingerprint density at radius 2 is 2.04 bits per heavy atom. The van der Waals surface area contributed by atoms with Crippen molar-refractivity contribution in [3.05, 3.63) is 59.2 Å². The summed E-state index contributed by atoms with van der Waals surface area (Å²) < 4.78 is 5.51. The first kappa shape index (κ1) is 18.0. The summed E-state index contributed by atoms with van der Waals surface area (Å²) >= 11 is 1.32. The zero-order valence-electron chi connectivity index (χ0n) is 14.8. The molecule has 0 fully saturated rings. The molecule has 0 atom stereocenters. The molecule has 0 unspecified atom stereocenters. The van der Waals surface area contributed by atoms with Gasteiger partial charge in [-0.3, -0.25) is 15.1 Å². The van der Waals surface area contributed by atoms with Gasteiger partial charge >= 0.3 is 5.97 Å². The molecule has 0 bridgehead atoms. The van der Waals surface area contributed by atoms with Gasteiger partial charge in [0.2, 0.25) is 0 Å². The molecule has 0 saturated carbocycles. The Kier molecular flexibility index (Phi) is 4.48. The van der Waals surface area contributed by atoms with Crippen LogP contribution in [0.4, 0.5) is 5.69 Å². The largest absolute Gasteiger partial charge is 0.494 e. The average Bonchev–Trinajstić information content (AvgIpc) is 3.03. The molecule has 0 aliphatic carbocycles. The van der Waals surface area contributed by atoms with Crippen molar-refractivity contribution in [1.82, 2.24) is 0 Å². The van der Waals surface area contributed by atoms with Gasteiger partial charge in [-0.25, -0.2) is 4.79 Å². The summed E-state index contributed by atoms with van der Waals surface area (Å²) in [6.07, 6.45) is 1.55. The van der Waals surface area contributed by atoms with E-state index in [9.17, 15) is 9.59 Å². The third-order valence-corrected chi connectivity index (χ3v) is 5.25. The van der Waals surface area contributed by atoms with Crippen molar-refractivity contribution in [3.63, 3.8) is 0 Å². The van der Waals surface area contributed by atoms with E-state index in [1.807, 2.05) is 25.1 Å². The number of thioether (sulfide) groups is 1. The molecule has 2 aromatic rings. The van der Waals surface area contributed by atoms with Gasteiger partial charge in [0.1, 0.15) is 11.6 Å². The maximum atomic E-state index is 12.5. The molecule has 7 nitrogen and oxygen atoms in total. The maximum Gasteiger partial charge on any atom is 0.335 e. The zero-order chi connectivity index (χ0) is 19.8. The molecule has 8 heteroatoms. The van der Waals surface area contributed by atoms with Crippen LogP contribution in [0.2, 0.25) is 0 Å². The fourth-order valence-electron chi connectivity index (χ4n) is 2.94. The summed E-state index contributed by atoms with van der Waals surface area (Å²) in [5.74, 6) is -0.759. The van der Waals surface area contributed by atoms with Crippen LogP contribution in [0.1, 0.15) is 22.8 Å². The Morgan fingerprint density at radius 3 is 2.71 bits per heavy atom. The minimum atomic E-state index is -1.02. The van der Waals surface area contributed by atoms with E-state index in [0.717, 1.165) is 16.3 Å². The van der Waals surface area contributed by atoms with E-state index in [1.54, 1.807) is 23.1 Å². The molecule has 0 aromatic heterocycles. The molecule has 2 heterocycles. The molecule has 1 amide bonds. The molecular weight excluding hydrogens is 378 g/mol. The Labute approximate surface area is 164 Å². The molecule has 140 valence electrons. The molecule has 4 rings (SSSR count). The fraction of sp³-hybridized carbons (Fsp3) is 0.100. The van der Waals surface area contributed by atoms with Crippen LogP contribution in [0.25, 0.3) is 6.08 Å². The van der Waals surface area contributed by atoms with Crippen LogP contribution in [0.5, 0.6) is 5.75 Å². The number of hydrogen-bond acceptors (Lipinski definition) is 5. The van der Waals surface area contributed by atoms with E-state index in [-0.39, 0.29) is 17.0 Å². The number of amides is 1. The van der Waals surface area contributed by atoms with Crippen molar-refractivity contribution in [3.8, 4) is 5.75 Å². The molecule has 0 saturated heterocycles. The third kappa shape index (κ3) is 3.07. The molecule has 0 radical (unpaired) electrons. The predicted molar refractivity (Wildman–Crippen MR) is 107 cm³/mol. The first-order chi connectivity index (χ1) is 13.5. The van der Waals surface area contributed by atoms with Gasteiger partial charge in [0.05, 0.1) is 23.4 Å². The number of carboxylic acid groups (broad SMARTS) is 1. The predicted octanol–water partition coefficient (Wildman–Crippen LogP) is 3.65. The van der Waals surface area contributed by atoms with Crippen molar-refractivity contribution < 1.29 is 19.4 Å². The third-order valence-electron chi connectivity index (χ3n) is 4.25. The average molecular weight is 393 g/mol. The maximum absolute atomic E-state index is 12.5. The Bertz CT molecular complexity index is 1070. The van der Waals surface area contributed by atoms with Gasteiger partial charge in [-0.2, -0.15) is 4.99 Å². The summed E-state index contributed by atoms with van der Waals surface area (Å²) in [6, 6.07) is 11.6. The van der Waals surface area contributed by atoms with Gasteiger partial charge in [-0.05, 0) is 60.7 Å². The first-order valence-electron chi connectivity index (χ1n) is 8.49. The number of nitrogens with one attached hydrogen (secondary N) is 1. The Balaban J connectivity index is 1.69. The van der Waals surface area contributed by atoms with Gasteiger partial charge in [0.15, 0.2) is 5.17 Å². The fourth-order valence-corrected chi connectivity index (χ4v) is 3.99. The minimum absolute atomic E-state index is 0.0349. The molecule has 2 aliphatic rings. The lowest BCUT2D eigenvalue weighted by molar-refractivity contribution is -0.113. The number of ether oxygens (including phenoxy) is 1. The highest BCUT2D eigenvalue weighted by Crippen LogP contribution is 2.44. The second kappa shape index (κ2) is 6.97. The lowest BCUT2D eigenvalue weighted by Gasteiger charge is -2.24. The lowest BCUT2D eigenvalue weighted by atomic mass is 10.1. The van der Waals surface area contributed by atoms with Crippen LogP contribution in [0.15, 0.2) is 57.9 Å². The molecule has 2 N–H and O–H groups in total. The summed E-state index contributed by atoms with van der Waals surface area (Å²) in [5, 5.41) is 18.0. The van der Waals surface area contributed by atoms with E-state index >= 15 is 0 Å². The highest BCUT2D eigenvalue weighted by molar-refractivity contribution is 8.15. The van der Waals surface area contributed by atoms with Crippen molar-refractivity contribution in [2.24, 2.45) is 4.99 Å².